The summed E-state index contributed by atoms with van der Waals surface area (Å²) in [7, 11) is 1.54. The first-order valence-electron chi connectivity index (χ1n) is 8.24. The van der Waals surface area contributed by atoms with Crippen LogP contribution in [0.2, 0.25) is 0 Å². The van der Waals surface area contributed by atoms with E-state index in [2.05, 4.69) is 0 Å². The van der Waals surface area contributed by atoms with E-state index in [-0.39, 0.29) is 6.61 Å². The monoisotopic (exact) mass is 382 g/mol. The lowest BCUT2D eigenvalue weighted by molar-refractivity contribution is -0.170. The average Bonchev–Trinajstić information content (AvgIpc) is 2.89. The molecular formula is C18H22O9. The zero-order chi connectivity index (χ0) is 20.0. The van der Waals surface area contributed by atoms with Crippen LogP contribution < -0.4 is 9.47 Å². The summed E-state index contributed by atoms with van der Waals surface area (Å²) in [6, 6.07) is 6.66. The van der Waals surface area contributed by atoms with Gasteiger partial charge >= 0.3 is 17.9 Å². The van der Waals surface area contributed by atoms with Gasteiger partial charge in [-0.1, -0.05) is 0 Å². The summed E-state index contributed by atoms with van der Waals surface area (Å²) in [5, 5.41) is 0. The smallest absolute Gasteiger partial charge is 0.303 e. The van der Waals surface area contributed by atoms with Gasteiger partial charge in [0.2, 0.25) is 12.4 Å². The van der Waals surface area contributed by atoms with Crippen molar-refractivity contribution in [2.24, 2.45) is 0 Å². The van der Waals surface area contributed by atoms with E-state index < -0.39 is 42.5 Å². The molecule has 2 rings (SSSR count). The number of carbonyl (C=O) groups excluding carboxylic acids is 3. The Morgan fingerprint density at radius 3 is 1.96 bits per heavy atom. The van der Waals surface area contributed by atoms with Gasteiger partial charge in [-0.3, -0.25) is 14.4 Å². The molecule has 1 aliphatic rings. The van der Waals surface area contributed by atoms with Crippen molar-refractivity contribution in [3.05, 3.63) is 24.3 Å². The molecule has 27 heavy (non-hydrogen) atoms. The van der Waals surface area contributed by atoms with Crippen molar-refractivity contribution in [2.45, 2.75) is 45.4 Å². The summed E-state index contributed by atoms with van der Waals surface area (Å²) >= 11 is 0. The lowest BCUT2D eigenvalue weighted by Gasteiger charge is -2.23. The molecule has 0 aromatic heterocycles. The molecule has 0 aliphatic carbocycles. The number of ether oxygens (including phenoxy) is 6. The van der Waals surface area contributed by atoms with Crippen LogP contribution >= 0.6 is 0 Å². The molecule has 1 aromatic rings. The predicted molar refractivity (Wildman–Crippen MR) is 90.0 cm³/mol. The maximum absolute atomic E-state index is 11.5. The number of hydrogen-bond acceptors (Lipinski definition) is 9. The molecule has 4 atom stereocenters. The average molecular weight is 382 g/mol. The molecule has 1 unspecified atom stereocenters. The van der Waals surface area contributed by atoms with E-state index in [1.54, 1.807) is 24.3 Å². The largest absolute Gasteiger partial charge is 0.497 e. The molecule has 0 spiro atoms. The number of methoxy groups -OCH3 is 1. The number of rotatable bonds is 7. The third-order valence-electron chi connectivity index (χ3n) is 3.63. The van der Waals surface area contributed by atoms with E-state index >= 15 is 0 Å². The molecule has 0 saturated carbocycles. The number of hydrogen-bond donors (Lipinski definition) is 0. The van der Waals surface area contributed by atoms with E-state index in [9.17, 15) is 14.4 Å². The van der Waals surface area contributed by atoms with Crippen LogP contribution in [0.1, 0.15) is 20.8 Å². The minimum Gasteiger partial charge on any atom is -0.497 e. The number of carbonyl (C=O) groups is 3. The molecule has 0 bridgehead atoms. The van der Waals surface area contributed by atoms with Gasteiger partial charge in [0.1, 0.15) is 24.2 Å². The molecule has 1 aliphatic heterocycles. The summed E-state index contributed by atoms with van der Waals surface area (Å²) in [5.41, 5.74) is 0. The molecule has 0 radical (unpaired) electrons. The van der Waals surface area contributed by atoms with Crippen LogP contribution in [0.25, 0.3) is 0 Å². The van der Waals surface area contributed by atoms with Gasteiger partial charge in [0.25, 0.3) is 0 Å². The second kappa shape index (κ2) is 9.22. The Balaban J connectivity index is 2.21. The molecule has 0 amide bonds. The van der Waals surface area contributed by atoms with Gasteiger partial charge in [0.15, 0.2) is 6.10 Å². The molecular weight excluding hydrogens is 360 g/mol. The topological polar surface area (TPSA) is 107 Å². The van der Waals surface area contributed by atoms with Gasteiger partial charge in [-0.25, -0.2) is 0 Å². The van der Waals surface area contributed by atoms with E-state index in [4.69, 9.17) is 28.4 Å². The lowest BCUT2D eigenvalue weighted by atomic mass is 10.1. The maximum Gasteiger partial charge on any atom is 0.303 e. The SMILES string of the molecule is COc1ccc(OC2O[C@H](COC(C)=O)[C@@H](OC(C)=O)[C@H]2OC(C)=O)cc1. The fourth-order valence-corrected chi connectivity index (χ4v) is 2.56. The van der Waals surface area contributed by atoms with Crippen LogP contribution in [0.15, 0.2) is 24.3 Å². The Hall–Kier alpha value is -2.81. The molecule has 9 nitrogen and oxygen atoms in total. The van der Waals surface area contributed by atoms with Crippen LogP contribution in [-0.2, 0) is 33.3 Å². The Morgan fingerprint density at radius 2 is 1.44 bits per heavy atom. The highest BCUT2D eigenvalue weighted by atomic mass is 16.7. The van der Waals surface area contributed by atoms with Gasteiger partial charge in [0.05, 0.1) is 7.11 Å². The molecule has 1 fully saturated rings. The fraction of sp³-hybridized carbons (Fsp3) is 0.500. The van der Waals surface area contributed by atoms with E-state index in [1.807, 2.05) is 0 Å². The second-order valence-corrected chi connectivity index (χ2v) is 5.79. The molecule has 1 aromatic carbocycles. The summed E-state index contributed by atoms with van der Waals surface area (Å²) < 4.78 is 32.0. The molecule has 1 heterocycles. The molecule has 0 N–H and O–H groups in total. The van der Waals surface area contributed by atoms with Gasteiger partial charge in [-0.2, -0.15) is 0 Å². The van der Waals surface area contributed by atoms with Crippen LogP contribution in [0.3, 0.4) is 0 Å². The van der Waals surface area contributed by atoms with E-state index in [0.29, 0.717) is 11.5 Å². The summed E-state index contributed by atoms with van der Waals surface area (Å²) in [4.78, 5) is 34.1. The van der Waals surface area contributed by atoms with Crippen LogP contribution in [0.5, 0.6) is 11.5 Å². The van der Waals surface area contributed by atoms with Crippen molar-refractivity contribution >= 4 is 17.9 Å². The van der Waals surface area contributed by atoms with Gasteiger partial charge in [-0.05, 0) is 24.3 Å². The Morgan fingerprint density at radius 1 is 0.889 bits per heavy atom. The Kier molecular flexibility index (Phi) is 7.00. The van der Waals surface area contributed by atoms with Crippen LogP contribution in [0.4, 0.5) is 0 Å². The highest BCUT2D eigenvalue weighted by molar-refractivity contribution is 5.68. The molecule has 148 valence electrons. The van der Waals surface area contributed by atoms with E-state index in [0.717, 1.165) is 0 Å². The van der Waals surface area contributed by atoms with Crippen LogP contribution in [-0.4, -0.2) is 56.2 Å². The van der Waals surface area contributed by atoms with Crippen molar-refractivity contribution in [1.82, 2.24) is 0 Å². The third kappa shape index (κ3) is 5.85. The summed E-state index contributed by atoms with van der Waals surface area (Å²) in [5.74, 6) is -0.663. The standard InChI is InChI=1S/C18H22O9/c1-10(19)23-9-15-16(24-11(2)20)17(25-12(3)21)18(27-15)26-14-7-5-13(22-4)6-8-14/h5-8,15-18H,9H2,1-4H3/t15-,16-,17-,18?/m1/s1. The first-order chi connectivity index (χ1) is 12.8. The summed E-state index contributed by atoms with van der Waals surface area (Å²) in [6.45, 7) is 3.48. The number of esters is 3. The predicted octanol–water partition coefficient (Wildman–Crippen LogP) is 1.23. The summed E-state index contributed by atoms with van der Waals surface area (Å²) in [6.07, 6.45) is -3.94. The normalized spacial score (nSPS) is 24.0. The quantitative estimate of drug-likeness (QED) is 0.508. The zero-order valence-corrected chi connectivity index (χ0v) is 15.5. The van der Waals surface area contributed by atoms with Gasteiger partial charge in [0, 0.05) is 20.8 Å². The maximum atomic E-state index is 11.5. The third-order valence-corrected chi connectivity index (χ3v) is 3.63. The van der Waals surface area contributed by atoms with Crippen molar-refractivity contribution in [3.63, 3.8) is 0 Å². The van der Waals surface area contributed by atoms with Crippen molar-refractivity contribution in [3.8, 4) is 11.5 Å². The van der Waals surface area contributed by atoms with Crippen LogP contribution in [0, 0.1) is 0 Å². The lowest BCUT2D eigenvalue weighted by Crippen LogP contribution is -2.42. The first-order valence-corrected chi connectivity index (χ1v) is 8.24. The fourth-order valence-electron chi connectivity index (χ4n) is 2.56. The molecule has 9 heteroatoms. The minimum atomic E-state index is -1.06. The minimum absolute atomic E-state index is 0.187. The highest BCUT2D eigenvalue weighted by Gasteiger charge is 2.51. The van der Waals surface area contributed by atoms with Crippen molar-refractivity contribution in [2.75, 3.05) is 13.7 Å². The zero-order valence-electron chi connectivity index (χ0n) is 15.5. The highest BCUT2D eigenvalue weighted by Crippen LogP contribution is 2.30. The Labute approximate surface area is 156 Å². The molecule has 1 saturated heterocycles. The van der Waals surface area contributed by atoms with Gasteiger partial charge in [-0.15, -0.1) is 0 Å². The van der Waals surface area contributed by atoms with Crippen molar-refractivity contribution < 1.29 is 42.8 Å². The Bertz CT molecular complexity index is 670. The van der Waals surface area contributed by atoms with Gasteiger partial charge < -0.3 is 28.4 Å². The van der Waals surface area contributed by atoms with E-state index in [1.165, 1.54) is 27.9 Å². The first kappa shape index (κ1) is 20.5. The number of benzene rings is 1. The second-order valence-electron chi connectivity index (χ2n) is 5.79. The van der Waals surface area contributed by atoms with Crippen molar-refractivity contribution in [1.29, 1.82) is 0 Å².